The summed E-state index contributed by atoms with van der Waals surface area (Å²) in [6.45, 7) is 5.47. The minimum Gasteiger partial charge on any atom is -0.347 e. The molecule has 0 bridgehead atoms. The van der Waals surface area contributed by atoms with Crippen LogP contribution in [-0.4, -0.2) is 51.4 Å². The molecule has 152 valence electrons. The number of likely N-dealkylation sites (N-methyl/N-ethyl adjacent to an activating group) is 1. The van der Waals surface area contributed by atoms with Crippen LogP contribution in [0.25, 0.3) is 0 Å². The van der Waals surface area contributed by atoms with E-state index in [1.165, 1.54) is 41.3 Å². The number of nitrogens with zero attached hydrogens (tertiary/aromatic N) is 1. The van der Waals surface area contributed by atoms with Crippen molar-refractivity contribution in [1.29, 1.82) is 0 Å². The summed E-state index contributed by atoms with van der Waals surface area (Å²) >= 11 is 0. The van der Waals surface area contributed by atoms with Crippen molar-refractivity contribution in [3.05, 3.63) is 29.8 Å². The highest BCUT2D eigenvalue weighted by molar-refractivity contribution is 7.89. The summed E-state index contributed by atoms with van der Waals surface area (Å²) in [6.07, 6.45) is 6.28. The Kier molecular flexibility index (Phi) is 8.26. The van der Waals surface area contributed by atoms with Gasteiger partial charge >= 0.3 is 0 Å². The number of hydrogen-bond donors (Lipinski definition) is 2. The van der Waals surface area contributed by atoms with Gasteiger partial charge in [0.1, 0.15) is 0 Å². The van der Waals surface area contributed by atoms with E-state index in [1.807, 2.05) is 13.8 Å². The smallest absolute Gasteiger partial charge is 0.275 e. The number of nitrogens with one attached hydrogen (secondary N) is 2. The average Bonchev–Trinajstić information content (AvgIpc) is 2.68. The van der Waals surface area contributed by atoms with E-state index in [4.69, 9.17) is 0 Å². The first-order valence-electron chi connectivity index (χ1n) is 10.1. The first-order chi connectivity index (χ1) is 12.9. The molecule has 1 fully saturated rings. The molecule has 1 atom stereocenters. The van der Waals surface area contributed by atoms with Crippen LogP contribution >= 0.6 is 0 Å². The fourth-order valence-corrected chi connectivity index (χ4v) is 5.21. The van der Waals surface area contributed by atoms with Crippen molar-refractivity contribution in [2.75, 3.05) is 26.7 Å². The third-order valence-electron chi connectivity index (χ3n) is 5.50. The van der Waals surface area contributed by atoms with Gasteiger partial charge in [-0.25, -0.2) is 8.42 Å². The second kappa shape index (κ2) is 10.2. The molecule has 27 heavy (non-hydrogen) atoms. The minimum atomic E-state index is -3.43. The van der Waals surface area contributed by atoms with Crippen LogP contribution in [0.2, 0.25) is 0 Å². The van der Waals surface area contributed by atoms with Gasteiger partial charge in [-0.1, -0.05) is 32.4 Å². The van der Waals surface area contributed by atoms with E-state index >= 15 is 0 Å². The standard InChI is InChI=1S/C20H33N3O3S/c1-4-23(5-2)27(25,26)19-13-11-17(12-14-19)15-21-20(24)16-22(3)18-9-7-6-8-10-18/h11-14,18H,4-10,15-16H2,1-3H3,(H,21,24)/p+1. The quantitative estimate of drug-likeness (QED) is 0.659. The fourth-order valence-electron chi connectivity index (χ4n) is 3.75. The van der Waals surface area contributed by atoms with Crippen LogP contribution in [0, 0.1) is 0 Å². The number of carbonyl (C=O) groups is 1. The molecule has 0 aromatic heterocycles. The lowest BCUT2D eigenvalue weighted by Crippen LogP contribution is -3.14. The van der Waals surface area contributed by atoms with Gasteiger partial charge in [0.05, 0.1) is 18.0 Å². The molecule has 2 N–H and O–H groups in total. The van der Waals surface area contributed by atoms with Crippen molar-refractivity contribution in [2.24, 2.45) is 0 Å². The van der Waals surface area contributed by atoms with Crippen molar-refractivity contribution >= 4 is 15.9 Å². The lowest BCUT2D eigenvalue weighted by Gasteiger charge is -2.27. The predicted octanol–water partition coefficient (Wildman–Crippen LogP) is 1.18. The van der Waals surface area contributed by atoms with Crippen LogP contribution in [-0.2, 0) is 21.4 Å². The van der Waals surface area contributed by atoms with Gasteiger partial charge in [0.15, 0.2) is 6.54 Å². The summed E-state index contributed by atoms with van der Waals surface area (Å²) in [4.78, 5) is 13.8. The number of quaternary nitrogens is 1. The highest BCUT2D eigenvalue weighted by atomic mass is 32.2. The summed E-state index contributed by atoms with van der Waals surface area (Å²) in [7, 11) is -1.34. The zero-order chi connectivity index (χ0) is 19.9. The predicted molar refractivity (Wildman–Crippen MR) is 107 cm³/mol. The Morgan fingerprint density at radius 3 is 2.26 bits per heavy atom. The van der Waals surface area contributed by atoms with Gasteiger partial charge in [0.25, 0.3) is 5.91 Å². The maximum atomic E-state index is 12.5. The first kappa shape index (κ1) is 21.9. The lowest BCUT2D eigenvalue weighted by atomic mass is 9.94. The minimum absolute atomic E-state index is 0.0397. The monoisotopic (exact) mass is 396 g/mol. The summed E-state index contributed by atoms with van der Waals surface area (Å²) < 4.78 is 26.4. The number of rotatable bonds is 9. The zero-order valence-electron chi connectivity index (χ0n) is 16.8. The maximum absolute atomic E-state index is 12.5. The van der Waals surface area contributed by atoms with Gasteiger partial charge in [0.2, 0.25) is 10.0 Å². The molecule has 0 saturated heterocycles. The zero-order valence-corrected chi connectivity index (χ0v) is 17.6. The Bertz CT molecular complexity index is 694. The Labute approximate surface area is 164 Å². The van der Waals surface area contributed by atoms with Crippen LogP contribution in [0.4, 0.5) is 0 Å². The number of hydrogen-bond acceptors (Lipinski definition) is 3. The van der Waals surface area contributed by atoms with Crippen molar-refractivity contribution in [3.63, 3.8) is 0 Å². The Balaban J connectivity index is 1.86. The van der Waals surface area contributed by atoms with Gasteiger partial charge in [-0.15, -0.1) is 0 Å². The number of sulfonamides is 1. The maximum Gasteiger partial charge on any atom is 0.275 e. The molecule has 2 rings (SSSR count). The molecule has 0 aliphatic heterocycles. The molecule has 1 aromatic carbocycles. The molecule has 1 aromatic rings. The van der Waals surface area contributed by atoms with E-state index in [0.29, 0.717) is 37.1 Å². The molecule has 7 heteroatoms. The number of amides is 1. The topological polar surface area (TPSA) is 70.9 Å². The van der Waals surface area contributed by atoms with Crippen LogP contribution in [0.15, 0.2) is 29.2 Å². The average molecular weight is 397 g/mol. The summed E-state index contributed by atoms with van der Waals surface area (Å²) in [5.41, 5.74) is 0.900. The molecular weight excluding hydrogens is 362 g/mol. The van der Waals surface area contributed by atoms with E-state index in [1.54, 1.807) is 24.3 Å². The van der Waals surface area contributed by atoms with Gasteiger partial charge in [0, 0.05) is 19.6 Å². The largest absolute Gasteiger partial charge is 0.347 e. The van der Waals surface area contributed by atoms with Gasteiger partial charge in [-0.05, 0) is 43.4 Å². The summed E-state index contributed by atoms with van der Waals surface area (Å²) in [6, 6.07) is 7.38. The lowest BCUT2D eigenvalue weighted by molar-refractivity contribution is -0.899. The van der Waals surface area contributed by atoms with E-state index in [2.05, 4.69) is 12.4 Å². The van der Waals surface area contributed by atoms with Gasteiger partial charge in [-0.2, -0.15) is 4.31 Å². The van der Waals surface area contributed by atoms with E-state index < -0.39 is 10.0 Å². The molecule has 1 aliphatic rings. The molecule has 1 amide bonds. The Hall–Kier alpha value is -1.44. The van der Waals surface area contributed by atoms with E-state index in [0.717, 1.165) is 5.56 Å². The molecule has 0 spiro atoms. The number of benzene rings is 1. The highest BCUT2D eigenvalue weighted by Crippen LogP contribution is 2.16. The van der Waals surface area contributed by atoms with E-state index in [-0.39, 0.29) is 5.91 Å². The van der Waals surface area contributed by atoms with E-state index in [9.17, 15) is 13.2 Å². The van der Waals surface area contributed by atoms with Crippen molar-refractivity contribution in [3.8, 4) is 0 Å². The molecule has 0 radical (unpaired) electrons. The van der Waals surface area contributed by atoms with Gasteiger partial charge < -0.3 is 10.2 Å². The molecule has 1 aliphatic carbocycles. The first-order valence-corrected chi connectivity index (χ1v) is 11.5. The van der Waals surface area contributed by atoms with Crippen molar-refractivity contribution in [2.45, 2.75) is 63.4 Å². The molecular formula is C20H34N3O3S+. The van der Waals surface area contributed by atoms with Crippen LogP contribution in [0.1, 0.15) is 51.5 Å². The fraction of sp³-hybridized carbons (Fsp3) is 0.650. The second-order valence-electron chi connectivity index (χ2n) is 7.37. The highest BCUT2D eigenvalue weighted by Gasteiger charge is 2.23. The second-order valence-corrected chi connectivity index (χ2v) is 9.31. The Morgan fingerprint density at radius 2 is 1.70 bits per heavy atom. The third kappa shape index (κ3) is 6.02. The van der Waals surface area contributed by atoms with Crippen LogP contribution in [0.5, 0.6) is 0 Å². The molecule has 0 heterocycles. The normalized spacial score (nSPS) is 17.0. The van der Waals surface area contributed by atoms with Crippen molar-refractivity contribution in [1.82, 2.24) is 9.62 Å². The van der Waals surface area contributed by atoms with Gasteiger partial charge in [-0.3, -0.25) is 4.79 Å². The molecule has 6 nitrogen and oxygen atoms in total. The summed E-state index contributed by atoms with van der Waals surface area (Å²) in [5, 5.41) is 2.95. The summed E-state index contributed by atoms with van der Waals surface area (Å²) in [5.74, 6) is 0.0397. The van der Waals surface area contributed by atoms with Crippen LogP contribution < -0.4 is 10.2 Å². The SMILES string of the molecule is CCN(CC)S(=O)(=O)c1ccc(CNC(=O)C[NH+](C)C2CCCCC2)cc1. The molecule has 1 unspecified atom stereocenters. The third-order valence-corrected chi connectivity index (χ3v) is 7.56. The van der Waals surface area contributed by atoms with Crippen LogP contribution in [0.3, 0.4) is 0 Å². The molecule has 1 saturated carbocycles. The Morgan fingerprint density at radius 1 is 1.11 bits per heavy atom. The number of carbonyl (C=O) groups excluding carboxylic acids is 1. The van der Waals surface area contributed by atoms with Crippen molar-refractivity contribution < 1.29 is 18.1 Å².